The Bertz CT molecular complexity index is 381. The molecule has 0 aliphatic heterocycles. The molecule has 1 aromatic rings. The summed E-state index contributed by atoms with van der Waals surface area (Å²) in [6, 6.07) is 7.11. The molecule has 0 saturated heterocycles. The zero-order valence-corrected chi connectivity index (χ0v) is 10.2. The molecule has 0 bridgehead atoms. The zero-order valence-electron chi connectivity index (χ0n) is 9.46. The van der Waals surface area contributed by atoms with Crippen LogP contribution in [0.3, 0.4) is 0 Å². The first-order valence-electron chi connectivity index (χ1n) is 5.82. The number of para-hydroxylation sites is 1. The maximum atomic E-state index is 13.2. The van der Waals surface area contributed by atoms with Gasteiger partial charge in [-0.25, -0.2) is 8.78 Å². The Morgan fingerprint density at radius 1 is 1.35 bits per heavy atom. The Balaban J connectivity index is 1.88. The molecule has 0 amide bonds. The van der Waals surface area contributed by atoms with Crippen molar-refractivity contribution in [3.63, 3.8) is 0 Å². The van der Waals surface area contributed by atoms with Gasteiger partial charge in [-0.05, 0) is 30.9 Å². The minimum atomic E-state index is -2.52. The van der Waals surface area contributed by atoms with Crippen molar-refractivity contribution in [3.05, 3.63) is 29.3 Å². The Morgan fingerprint density at radius 2 is 2.12 bits per heavy atom. The Labute approximate surface area is 105 Å². The first kappa shape index (κ1) is 12.6. The maximum Gasteiger partial charge on any atom is 0.248 e. The van der Waals surface area contributed by atoms with Gasteiger partial charge in [0.25, 0.3) is 0 Å². The van der Waals surface area contributed by atoms with Crippen LogP contribution in [0.15, 0.2) is 24.3 Å². The summed E-state index contributed by atoms with van der Waals surface area (Å²) in [5.74, 6) is -2.02. The van der Waals surface area contributed by atoms with Crippen LogP contribution in [0.1, 0.15) is 25.7 Å². The van der Waals surface area contributed by atoms with E-state index in [-0.39, 0.29) is 18.8 Å². The SMILES string of the molecule is FC1(F)CCCC(COc2ccccc2Cl)C1. The largest absolute Gasteiger partial charge is 0.492 e. The van der Waals surface area contributed by atoms with Gasteiger partial charge in [0.1, 0.15) is 5.75 Å². The molecule has 2 rings (SSSR count). The van der Waals surface area contributed by atoms with Gasteiger partial charge in [-0.2, -0.15) is 0 Å². The highest BCUT2D eigenvalue weighted by Crippen LogP contribution is 2.37. The zero-order chi connectivity index (χ0) is 12.3. The van der Waals surface area contributed by atoms with Crippen molar-refractivity contribution in [3.8, 4) is 5.75 Å². The third kappa shape index (κ3) is 3.56. The topological polar surface area (TPSA) is 9.23 Å². The molecule has 0 radical (unpaired) electrons. The van der Waals surface area contributed by atoms with Crippen molar-refractivity contribution in [2.75, 3.05) is 6.61 Å². The highest BCUT2D eigenvalue weighted by atomic mass is 35.5. The third-order valence-electron chi connectivity index (χ3n) is 3.05. The molecular formula is C13H15ClF2O. The van der Waals surface area contributed by atoms with Crippen LogP contribution in [0.25, 0.3) is 0 Å². The van der Waals surface area contributed by atoms with Gasteiger partial charge in [-0.15, -0.1) is 0 Å². The number of rotatable bonds is 3. The lowest BCUT2D eigenvalue weighted by atomic mass is 9.87. The summed E-state index contributed by atoms with van der Waals surface area (Å²) in [5.41, 5.74) is 0. The third-order valence-corrected chi connectivity index (χ3v) is 3.37. The Kier molecular flexibility index (Phi) is 3.87. The van der Waals surface area contributed by atoms with E-state index >= 15 is 0 Å². The van der Waals surface area contributed by atoms with Gasteiger partial charge in [0.2, 0.25) is 5.92 Å². The van der Waals surface area contributed by atoms with E-state index in [9.17, 15) is 8.78 Å². The molecule has 1 aromatic carbocycles. The summed E-state index contributed by atoms with van der Waals surface area (Å²) in [4.78, 5) is 0. The summed E-state index contributed by atoms with van der Waals surface area (Å²) < 4.78 is 31.9. The highest BCUT2D eigenvalue weighted by molar-refractivity contribution is 6.32. The molecule has 1 atom stereocenters. The summed E-state index contributed by atoms with van der Waals surface area (Å²) in [5, 5.41) is 0.523. The maximum absolute atomic E-state index is 13.2. The van der Waals surface area contributed by atoms with E-state index in [1.54, 1.807) is 12.1 Å². The normalized spacial score (nSPS) is 23.4. The molecule has 17 heavy (non-hydrogen) atoms. The second-order valence-electron chi connectivity index (χ2n) is 4.56. The fourth-order valence-electron chi connectivity index (χ4n) is 2.19. The van der Waals surface area contributed by atoms with Crippen LogP contribution in [0, 0.1) is 5.92 Å². The van der Waals surface area contributed by atoms with Crippen LogP contribution in [0.5, 0.6) is 5.75 Å². The molecule has 1 aliphatic carbocycles. The van der Waals surface area contributed by atoms with Crippen LogP contribution in [-0.4, -0.2) is 12.5 Å². The van der Waals surface area contributed by atoms with E-state index in [0.29, 0.717) is 23.8 Å². The summed E-state index contributed by atoms with van der Waals surface area (Å²) in [6.07, 6.45) is 1.32. The second-order valence-corrected chi connectivity index (χ2v) is 4.97. The van der Waals surface area contributed by atoms with Crippen LogP contribution in [-0.2, 0) is 0 Å². The molecule has 0 spiro atoms. The lowest BCUT2D eigenvalue weighted by Gasteiger charge is -2.28. The molecule has 1 unspecified atom stereocenters. The van der Waals surface area contributed by atoms with Gasteiger partial charge in [-0.1, -0.05) is 23.7 Å². The lowest BCUT2D eigenvalue weighted by molar-refractivity contribution is -0.0585. The molecular weight excluding hydrogens is 246 g/mol. The highest BCUT2D eigenvalue weighted by Gasteiger charge is 2.36. The minimum absolute atomic E-state index is 0.00952. The van der Waals surface area contributed by atoms with Gasteiger partial charge in [0.15, 0.2) is 0 Å². The van der Waals surface area contributed by atoms with E-state index in [0.717, 1.165) is 6.42 Å². The molecule has 1 saturated carbocycles. The van der Waals surface area contributed by atoms with Crippen LogP contribution < -0.4 is 4.74 Å². The molecule has 4 heteroatoms. The second kappa shape index (κ2) is 5.21. The standard InChI is InChI=1S/C13H15ClF2O/c14-11-5-1-2-6-12(11)17-9-10-4-3-7-13(15,16)8-10/h1-2,5-6,10H,3-4,7-9H2. The van der Waals surface area contributed by atoms with E-state index in [1.165, 1.54) is 0 Å². The molecule has 0 heterocycles. The minimum Gasteiger partial charge on any atom is -0.492 e. The quantitative estimate of drug-likeness (QED) is 0.775. The number of hydrogen-bond donors (Lipinski definition) is 0. The summed E-state index contributed by atoms with van der Waals surface area (Å²) in [7, 11) is 0. The van der Waals surface area contributed by atoms with Gasteiger partial charge in [0.05, 0.1) is 11.6 Å². The monoisotopic (exact) mass is 260 g/mol. The number of alkyl halides is 2. The molecule has 1 aliphatic rings. The fraction of sp³-hybridized carbons (Fsp3) is 0.538. The van der Waals surface area contributed by atoms with Gasteiger partial charge < -0.3 is 4.74 Å². The van der Waals surface area contributed by atoms with Gasteiger partial charge >= 0.3 is 0 Å². The van der Waals surface area contributed by atoms with E-state index in [2.05, 4.69) is 0 Å². The molecule has 1 nitrogen and oxygen atoms in total. The van der Waals surface area contributed by atoms with Gasteiger partial charge in [-0.3, -0.25) is 0 Å². The van der Waals surface area contributed by atoms with Gasteiger partial charge in [0, 0.05) is 12.8 Å². The van der Waals surface area contributed by atoms with Crippen molar-refractivity contribution in [1.29, 1.82) is 0 Å². The van der Waals surface area contributed by atoms with Crippen molar-refractivity contribution in [1.82, 2.24) is 0 Å². The van der Waals surface area contributed by atoms with Crippen molar-refractivity contribution in [2.24, 2.45) is 5.92 Å². The van der Waals surface area contributed by atoms with Crippen LogP contribution in [0.4, 0.5) is 8.78 Å². The Hall–Kier alpha value is -0.830. The number of halogens is 3. The average Bonchev–Trinajstić information content (AvgIpc) is 2.27. The molecule has 0 N–H and O–H groups in total. The molecule has 1 fully saturated rings. The lowest BCUT2D eigenvalue weighted by Crippen LogP contribution is -2.29. The average molecular weight is 261 g/mol. The number of benzene rings is 1. The fourth-order valence-corrected chi connectivity index (χ4v) is 2.38. The van der Waals surface area contributed by atoms with Crippen molar-refractivity contribution >= 4 is 11.6 Å². The summed E-state index contributed by atoms with van der Waals surface area (Å²) in [6.45, 7) is 0.319. The van der Waals surface area contributed by atoms with Crippen LogP contribution >= 0.6 is 11.6 Å². The Morgan fingerprint density at radius 3 is 2.82 bits per heavy atom. The first-order chi connectivity index (χ1) is 8.07. The van der Waals surface area contributed by atoms with Crippen LogP contribution in [0.2, 0.25) is 5.02 Å². The van der Waals surface area contributed by atoms with E-state index < -0.39 is 5.92 Å². The molecule has 0 aromatic heterocycles. The van der Waals surface area contributed by atoms with E-state index in [4.69, 9.17) is 16.3 Å². The predicted molar refractivity (Wildman–Crippen MR) is 63.9 cm³/mol. The molecule has 94 valence electrons. The number of hydrogen-bond acceptors (Lipinski definition) is 1. The number of ether oxygens (including phenoxy) is 1. The van der Waals surface area contributed by atoms with Crippen molar-refractivity contribution in [2.45, 2.75) is 31.6 Å². The summed E-state index contributed by atoms with van der Waals surface area (Å²) >= 11 is 5.92. The first-order valence-corrected chi connectivity index (χ1v) is 6.20. The predicted octanol–water partition coefficient (Wildman–Crippen LogP) is 4.54. The van der Waals surface area contributed by atoms with Crippen molar-refractivity contribution < 1.29 is 13.5 Å². The van der Waals surface area contributed by atoms with E-state index in [1.807, 2.05) is 12.1 Å². The smallest absolute Gasteiger partial charge is 0.248 e.